The number of hydrogen-bond donors (Lipinski definition) is 3. The first-order valence-corrected chi connectivity index (χ1v) is 6.51. The highest BCUT2D eigenvalue weighted by atomic mass is 32.1. The minimum Gasteiger partial charge on any atom is -0.476 e. The number of aromatic carboxylic acids is 1. The van der Waals surface area contributed by atoms with Crippen LogP contribution in [0.4, 0.5) is 19.3 Å². The normalized spacial score (nSPS) is 10.2. The molecule has 0 aliphatic carbocycles. The van der Waals surface area contributed by atoms with Crippen molar-refractivity contribution in [2.75, 3.05) is 5.32 Å². The highest BCUT2D eigenvalue weighted by Gasteiger charge is 2.10. The van der Waals surface area contributed by atoms with Crippen LogP contribution in [0.1, 0.15) is 15.5 Å². The lowest BCUT2D eigenvalue weighted by Gasteiger charge is -2.06. The van der Waals surface area contributed by atoms with Crippen LogP contribution in [0.15, 0.2) is 23.6 Å². The van der Waals surface area contributed by atoms with Gasteiger partial charge in [0.2, 0.25) is 0 Å². The van der Waals surface area contributed by atoms with Gasteiger partial charge in [-0.15, -0.1) is 11.3 Å². The van der Waals surface area contributed by atoms with Crippen LogP contribution in [-0.4, -0.2) is 22.1 Å². The van der Waals surface area contributed by atoms with E-state index < -0.39 is 23.6 Å². The number of aromatic nitrogens is 1. The average molecular weight is 313 g/mol. The Bertz CT molecular complexity index is 690. The first-order valence-electron chi connectivity index (χ1n) is 5.63. The number of amides is 2. The van der Waals surface area contributed by atoms with Gasteiger partial charge in [-0.25, -0.2) is 23.4 Å². The Morgan fingerprint density at radius 1 is 1.29 bits per heavy atom. The fraction of sp³-hybridized carbons (Fsp3) is 0.0833. The average Bonchev–Trinajstić information content (AvgIpc) is 2.90. The van der Waals surface area contributed by atoms with E-state index >= 15 is 0 Å². The van der Waals surface area contributed by atoms with Gasteiger partial charge in [-0.2, -0.15) is 0 Å². The van der Waals surface area contributed by atoms with Crippen molar-refractivity contribution in [1.82, 2.24) is 10.3 Å². The highest BCUT2D eigenvalue weighted by Crippen LogP contribution is 2.13. The van der Waals surface area contributed by atoms with Crippen LogP contribution < -0.4 is 10.6 Å². The van der Waals surface area contributed by atoms with E-state index in [2.05, 4.69) is 15.6 Å². The van der Waals surface area contributed by atoms with Crippen molar-refractivity contribution in [1.29, 1.82) is 0 Å². The minimum atomic E-state index is -1.15. The van der Waals surface area contributed by atoms with Gasteiger partial charge in [-0.05, 0) is 12.1 Å². The van der Waals surface area contributed by atoms with Gasteiger partial charge in [0.05, 0.1) is 6.54 Å². The molecule has 0 aliphatic rings. The Balaban J connectivity index is 1.89. The minimum absolute atomic E-state index is 0.0213. The third-order valence-corrected chi connectivity index (χ3v) is 3.20. The summed E-state index contributed by atoms with van der Waals surface area (Å²) in [5, 5.41) is 15.2. The Morgan fingerprint density at radius 2 is 2.05 bits per heavy atom. The summed E-state index contributed by atoms with van der Waals surface area (Å²) < 4.78 is 25.7. The van der Waals surface area contributed by atoms with Gasteiger partial charge in [-0.3, -0.25) is 0 Å². The fourth-order valence-corrected chi connectivity index (χ4v) is 2.10. The van der Waals surface area contributed by atoms with Gasteiger partial charge in [0.15, 0.2) is 17.3 Å². The second-order valence-electron chi connectivity index (χ2n) is 3.87. The third kappa shape index (κ3) is 3.96. The van der Waals surface area contributed by atoms with Crippen molar-refractivity contribution in [3.63, 3.8) is 0 Å². The summed E-state index contributed by atoms with van der Waals surface area (Å²) in [5.74, 6) is -3.23. The molecule has 21 heavy (non-hydrogen) atoms. The van der Waals surface area contributed by atoms with Crippen LogP contribution in [-0.2, 0) is 6.54 Å². The maximum absolute atomic E-state index is 12.9. The zero-order valence-electron chi connectivity index (χ0n) is 10.4. The molecule has 0 atom stereocenters. The highest BCUT2D eigenvalue weighted by molar-refractivity contribution is 7.09. The molecule has 0 aliphatic heterocycles. The van der Waals surface area contributed by atoms with Crippen LogP contribution in [0.25, 0.3) is 0 Å². The number of rotatable bonds is 4. The van der Waals surface area contributed by atoms with Gasteiger partial charge < -0.3 is 15.7 Å². The number of thiazole rings is 1. The maximum atomic E-state index is 12.9. The van der Waals surface area contributed by atoms with Crippen molar-refractivity contribution in [2.45, 2.75) is 6.54 Å². The summed E-state index contributed by atoms with van der Waals surface area (Å²) in [6.07, 6.45) is 0. The molecule has 2 aromatic rings. The van der Waals surface area contributed by atoms with Gasteiger partial charge in [0.1, 0.15) is 5.01 Å². The summed E-state index contributed by atoms with van der Waals surface area (Å²) in [7, 11) is 0. The standard InChI is InChI=1S/C12H9F2N3O3S/c13-7-2-1-6(3-8(7)14)16-12(20)15-4-10-17-9(5-21-10)11(18)19/h1-3,5H,4H2,(H,18,19)(H2,15,16,20). The van der Waals surface area contributed by atoms with E-state index in [1.165, 1.54) is 11.4 Å². The Hall–Kier alpha value is -2.55. The number of carboxylic acids is 1. The van der Waals surface area contributed by atoms with Crippen molar-refractivity contribution >= 4 is 29.0 Å². The van der Waals surface area contributed by atoms with Crippen LogP contribution >= 0.6 is 11.3 Å². The molecule has 0 bridgehead atoms. The first-order chi connectivity index (χ1) is 9.95. The lowest BCUT2D eigenvalue weighted by molar-refractivity contribution is 0.0691. The molecule has 1 aromatic heterocycles. The zero-order chi connectivity index (χ0) is 15.4. The topological polar surface area (TPSA) is 91.3 Å². The molecule has 0 radical (unpaired) electrons. The van der Waals surface area contributed by atoms with Crippen LogP contribution in [0.3, 0.4) is 0 Å². The Morgan fingerprint density at radius 3 is 2.67 bits per heavy atom. The van der Waals surface area contributed by atoms with Crippen LogP contribution in [0.2, 0.25) is 0 Å². The summed E-state index contributed by atoms with van der Waals surface area (Å²) in [5.41, 5.74) is -0.00502. The van der Waals surface area contributed by atoms with Crippen molar-refractivity contribution in [3.8, 4) is 0 Å². The van der Waals surface area contributed by atoms with E-state index in [1.807, 2.05) is 0 Å². The van der Waals surface area contributed by atoms with Gasteiger partial charge >= 0.3 is 12.0 Å². The smallest absolute Gasteiger partial charge is 0.355 e. The SMILES string of the molecule is O=C(NCc1nc(C(=O)O)cs1)Nc1ccc(F)c(F)c1. The number of urea groups is 1. The molecule has 0 spiro atoms. The monoisotopic (exact) mass is 313 g/mol. The number of halogens is 2. The number of anilines is 1. The molecule has 2 rings (SSSR count). The van der Waals surface area contributed by atoms with Crippen molar-refractivity contribution in [2.24, 2.45) is 0 Å². The molecule has 0 fully saturated rings. The lowest BCUT2D eigenvalue weighted by Crippen LogP contribution is -2.28. The van der Waals surface area contributed by atoms with E-state index in [9.17, 15) is 18.4 Å². The van der Waals surface area contributed by atoms with E-state index in [0.717, 1.165) is 23.5 Å². The Labute approximate surface area is 121 Å². The third-order valence-electron chi connectivity index (χ3n) is 2.35. The quantitative estimate of drug-likeness (QED) is 0.808. The molecular weight excluding hydrogens is 304 g/mol. The van der Waals surface area contributed by atoms with Crippen LogP contribution in [0, 0.1) is 11.6 Å². The zero-order valence-corrected chi connectivity index (χ0v) is 11.2. The van der Waals surface area contributed by atoms with E-state index in [-0.39, 0.29) is 17.9 Å². The first kappa shape index (κ1) is 14.9. The maximum Gasteiger partial charge on any atom is 0.355 e. The lowest BCUT2D eigenvalue weighted by atomic mass is 10.3. The van der Waals surface area contributed by atoms with Gasteiger partial charge in [-0.1, -0.05) is 0 Å². The Kier molecular flexibility index (Phi) is 4.43. The summed E-state index contributed by atoms with van der Waals surface area (Å²) in [6.45, 7) is 0.0213. The van der Waals surface area contributed by atoms with E-state index in [0.29, 0.717) is 5.01 Å². The fourth-order valence-electron chi connectivity index (χ4n) is 1.40. The molecule has 9 heteroatoms. The summed E-state index contributed by atoms with van der Waals surface area (Å²) in [4.78, 5) is 26.0. The molecule has 110 valence electrons. The number of carbonyl (C=O) groups is 2. The molecule has 1 aromatic carbocycles. The summed E-state index contributed by atoms with van der Waals surface area (Å²) in [6, 6.07) is 2.31. The van der Waals surface area contributed by atoms with E-state index in [1.54, 1.807) is 0 Å². The number of benzene rings is 1. The number of nitrogens with one attached hydrogen (secondary N) is 2. The molecule has 0 saturated heterocycles. The van der Waals surface area contributed by atoms with Crippen LogP contribution in [0.5, 0.6) is 0 Å². The number of carboxylic acid groups (broad SMARTS) is 1. The number of nitrogens with zero attached hydrogens (tertiary/aromatic N) is 1. The number of hydrogen-bond acceptors (Lipinski definition) is 4. The van der Waals surface area contributed by atoms with Gasteiger partial charge in [0.25, 0.3) is 0 Å². The predicted octanol–water partition coefficient (Wildman–Crippen LogP) is 2.44. The molecular formula is C12H9F2N3O3S. The van der Waals surface area contributed by atoms with E-state index in [4.69, 9.17) is 5.11 Å². The largest absolute Gasteiger partial charge is 0.476 e. The molecule has 0 unspecified atom stereocenters. The molecule has 6 nitrogen and oxygen atoms in total. The summed E-state index contributed by atoms with van der Waals surface area (Å²) >= 11 is 1.09. The molecule has 1 heterocycles. The van der Waals surface area contributed by atoms with Gasteiger partial charge in [0, 0.05) is 17.1 Å². The number of carbonyl (C=O) groups excluding carboxylic acids is 1. The molecule has 0 saturated carbocycles. The van der Waals surface area contributed by atoms with Crippen molar-refractivity contribution in [3.05, 3.63) is 45.9 Å². The second kappa shape index (κ2) is 6.27. The molecule has 3 N–H and O–H groups in total. The molecule has 2 amide bonds. The second-order valence-corrected chi connectivity index (χ2v) is 4.81. The van der Waals surface area contributed by atoms with Crippen molar-refractivity contribution < 1.29 is 23.5 Å². The predicted molar refractivity (Wildman–Crippen MR) is 71.3 cm³/mol.